The van der Waals surface area contributed by atoms with Crippen LogP contribution in [0.5, 0.6) is 0 Å². The van der Waals surface area contributed by atoms with Crippen molar-refractivity contribution in [1.82, 2.24) is 5.32 Å². The zero-order valence-corrected chi connectivity index (χ0v) is 12.7. The molecular weight excluding hydrogens is 294 g/mol. The van der Waals surface area contributed by atoms with Gasteiger partial charge in [0.15, 0.2) is 0 Å². The van der Waals surface area contributed by atoms with Gasteiger partial charge in [0.25, 0.3) is 0 Å². The van der Waals surface area contributed by atoms with Crippen molar-refractivity contribution in [2.75, 3.05) is 20.2 Å². The second kappa shape index (κ2) is 6.90. The quantitative estimate of drug-likeness (QED) is 0.648. The predicted octanol–water partition coefficient (Wildman–Crippen LogP) is 2.88. The molecule has 18 heavy (non-hydrogen) atoms. The van der Waals surface area contributed by atoms with Gasteiger partial charge in [-0.15, -0.1) is 0 Å². The smallest absolute Gasteiger partial charge is 0.306 e. The first kappa shape index (κ1) is 15.2. The maximum Gasteiger partial charge on any atom is 0.306 e. The van der Waals surface area contributed by atoms with Gasteiger partial charge in [0.1, 0.15) is 0 Å². The maximum atomic E-state index is 11.0. The van der Waals surface area contributed by atoms with E-state index < -0.39 is 0 Å². The monoisotopic (exact) mass is 313 g/mol. The molecule has 1 aromatic rings. The lowest BCUT2D eigenvalue weighted by molar-refractivity contribution is -0.140. The van der Waals surface area contributed by atoms with Crippen LogP contribution in [0, 0.1) is 0 Å². The zero-order valence-electron chi connectivity index (χ0n) is 11.1. The summed E-state index contributed by atoms with van der Waals surface area (Å²) in [5.41, 5.74) is 1.27. The molecule has 1 aromatic carbocycles. The molecule has 0 spiro atoms. The van der Waals surface area contributed by atoms with E-state index in [9.17, 15) is 4.79 Å². The number of carbonyl (C=O) groups excluding carboxylic acids is 1. The van der Waals surface area contributed by atoms with Crippen LogP contribution in [0.2, 0.25) is 0 Å². The molecule has 1 N–H and O–H groups in total. The van der Waals surface area contributed by atoms with Gasteiger partial charge in [-0.3, -0.25) is 4.79 Å². The Hall–Kier alpha value is -0.870. The summed E-state index contributed by atoms with van der Waals surface area (Å²) in [7, 11) is 1.41. The van der Waals surface area contributed by atoms with E-state index in [4.69, 9.17) is 0 Å². The number of hydrogen-bond donors (Lipinski definition) is 1. The lowest BCUT2D eigenvalue weighted by Crippen LogP contribution is -2.34. The van der Waals surface area contributed by atoms with Crippen molar-refractivity contribution in [3.8, 4) is 0 Å². The highest BCUT2D eigenvalue weighted by Gasteiger charge is 2.22. The van der Waals surface area contributed by atoms with Crippen molar-refractivity contribution in [2.24, 2.45) is 0 Å². The fraction of sp³-hybridized carbons (Fsp3) is 0.500. The minimum absolute atomic E-state index is 0.0101. The second-order valence-electron chi connectivity index (χ2n) is 4.87. The minimum atomic E-state index is -0.179. The van der Waals surface area contributed by atoms with Gasteiger partial charge in [0.2, 0.25) is 0 Å². The molecule has 0 amide bonds. The van der Waals surface area contributed by atoms with E-state index in [-0.39, 0.29) is 11.4 Å². The van der Waals surface area contributed by atoms with E-state index in [2.05, 4.69) is 45.9 Å². The number of nitrogens with one attached hydrogen (secondary N) is 1. The molecule has 0 unspecified atom stereocenters. The lowest BCUT2D eigenvalue weighted by atomic mass is 9.84. The normalized spacial score (nSPS) is 11.3. The van der Waals surface area contributed by atoms with Crippen molar-refractivity contribution in [2.45, 2.75) is 25.7 Å². The van der Waals surface area contributed by atoms with E-state index in [1.54, 1.807) is 0 Å². The fourth-order valence-corrected chi connectivity index (χ4v) is 2.62. The van der Waals surface area contributed by atoms with Gasteiger partial charge in [0.05, 0.1) is 13.5 Å². The van der Waals surface area contributed by atoms with E-state index in [1.165, 1.54) is 12.7 Å². The highest BCUT2D eigenvalue weighted by molar-refractivity contribution is 9.10. The minimum Gasteiger partial charge on any atom is -0.469 e. The molecule has 0 aliphatic rings. The molecule has 0 aliphatic carbocycles. The van der Waals surface area contributed by atoms with Crippen molar-refractivity contribution in [3.05, 3.63) is 34.3 Å². The Bertz CT molecular complexity index is 405. The molecule has 0 aliphatic heterocycles. The van der Waals surface area contributed by atoms with Crippen LogP contribution in [0.1, 0.15) is 25.8 Å². The first-order chi connectivity index (χ1) is 8.47. The molecule has 0 bridgehead atoms. The van der Waals surface area contributed by atoms with Crippen molar-refractivity contribution in [1.29, 1.82) is 0 Å². The topological polar surface area (TPSA) is 38.3 Å². The zero-order chi connectivity index (χ0) is 13.6. The molecule has 0 saturated carbocycles. The Labute approximate surface area is 117 Å². The Morgan fingerprint density at radius 3 is 2.67 bits per heavy atom. The number of benzene rings is 1. The summed E-state index contributed by atoms with van der Waals surface area (Å²) in [4.78, 5) is 11.0. The molecule has 0 atom stereocenters. The standard InChI is InChI=1S/C14H20BrNO2/c1-14(2,10-16-9-8-13(17)18-3)11-6-4-5-7-12(11)15/h4-7,16H,8-10H2,1-3H3. The molecule has 4 heteroatoms. The maximum absolute atomic E-state index is 11.0. The summed E-state index contributed by atoms with van der Waals surface area (Å²) in [6, 6.07) is 8.21. The van der Waals surface area contributed by atoms with Crippen molar-refractivity contribution < 1.29 is 9.53 Å². The number of hydrogen-bond acceptors (Lipinski definition) is 3. The highest BCUT2D eigenvalue weighted by Crippen LogP contribution is 2.29. The summed E-state index contributed by atoms with van der Waals surface area (Å²) in [6.45, 7) is 5.81. The van der Waals surface area contributed by atoms with E-state index in [0.717, 1.165) is 11.0 Å². The molecule has 3 nitrogen and oxygen atoms in total. The SMILES string of the molecule is COC(=O)CCNCC(C)(C)c1ccccc1Br. The fourth-order valence-electron chi connectivity index (χ4n) is 1.80. The molecular formula is C14H20BrNO2. The summed E-state index contributed by atoms with van der Waals surface area (Å²) in [6.07, 6.45) is 0.405. The molecule has 0 aromatic heterocycles. The number of methoxy groups -OCH3 is 1. The van der Waals surface area contributed by atoms with E-state index >= 15 is 0 Å². The molecule has 100 valence electrons. The third-order valence-corrected chi connectivity index (χ3v) is 3.59. The second-order valence-corrected chi connectivity index (χ2v) is 5.72. The van der Waals surface area contributed by atoms with Gasteiger partial charge >= 0.3 is 5.97 Å². The van der Waals surface area contributed by atoms with Gasteiger partial charge in [-0.05, 0) is 11.6 Å². The van der Waals surface area contributed by atoms with Gasteiger partial charge in [-0.1, -0.05) is 48.0 Å². The van der Waals surface area contributed by atoms with Crippen LogP contribution in [-0.4, -0.2) is 26.2 Å². The van der Waals surface area contributed by atoms with Crippen LogP contribution in [0.15, 0.2) is 28.7 Å². The van der Waals surface area contributed by atoms with Crippen LogP contribution in [0.3, 0.4) is 0 Å². The molecule has 0 radical (unpaired) electrons. The first-order valence-electron chi connectivity index (χ1n) is 6.00. The number of esters is 1. The third kappa shape index (κ3) is 4.42. The van der Waals surface area contributed by atoms with Crippen molar-refractivity contribution >= 4 is 21.9 Å². The molecule has 0 saturated heterocycles. The summed E-state index contributed by atoms with van der Waals surface area (Å²) in [5, 5.41) is 3.29. The molecule has 0 fully saturated rings. The van der Waals surface area contributed by atoms with E-state index in [1.807, 2.05) is 18.2 Å². The Morgan fingerprint density at radius 1 is 1.39 bits per heavy atom. The summed E-state index contributed by atoms with van der Waals surface area (Å²) < 4.78 is 5.72. The van der Waals surface area contributed by atoms with Gasteiger partial charge in [-0.2, -0.15) is 0 Å². The number of rotatable bonds is 6. The van der Waals surface area contributed by atoms with Crippen LogP contribution in [-0.2, 0) is 14.9 Å². The lowest BCUT2D eigenvalue weighted by Gasteiger charge is -2.27. The van der Waals surface area contributed by atoms with Gasteiger partial charge < -0.3 is 10.1 Å². The van der Waals surface area contributed by atoms with Gasteiger partial charge in [0, 0.05) is 23.0 Å². The Kier molecular flexibility index (Phi) is 5.82. The largest absolute Gasteiger partial charge is 0.469 e. The van der Waals surface area contributed by atoms with Gasteiger partial charge in [-0.25, -0.2) is 0 Å². The predicted molar refractivity (Wildman–Crippen MR) is 76.7 cm³/mol. The number of halogens is 1. The summed E-state index contributed by atoms with van der Waals surface area (Å²) >= 11 is 3.57. The molecule has 0 heterocycles. The number of ether oxygens (including phenoxy) is 1. The van der Waals surface area contributed by atoms with Crippen LogP contribution >= 0.6 is 15.9 Å². The Balaban J connectivity index is 2.50. The third-order valence-electron chi connectivity index (χ3n) is 2.90. The molecule has 1 rings (SSSR count). The van der Waals surface area contributed by atoms with E-state index in [0.29, 0.717) is 13.0 Å². The van der Waals surface area contributed by atoms with Crippen LogP contribution in [0.4, 0.5) is 0 Å². The average Bonchev–Trinajstić information content (AvgIpc) is 2.34. The van der Waals surface area contributed by atoms with Crippen molar-refractivity contribution in [3.63, 3.8) is 0 Å². The average molecular weight is 314 g/mol. The summed E-state index contributed by atoms with van der Waals surface area (Å²) in [5.74, 6) is -0.179. The number of carbonyl (C=O) groups is 1. The Morgan fingerprint density at radius 2 is 2.06 bits per heavy atom. The highest BCUT2D eigenvalue weighted by atomic mass is 79.9. The first-order valence-corrected chi connectivity index (χ1v) is 6.79. The van der Waals surface area contributed by atoms with Crippen LogP contribution < -0.4 is 5.32 Å². The van der Waals surface area contributed by atoms with Crippen LogP contribution in [0.25, 0.3) is 0 Å².